The number of benzene rings is 2. The standard InChI is InChI=1S/C13H9Cl3O/c1-8-6-9(14)2-4-12(8)17-13-5-3-10(15)7-11(13)16/h2-7H,1H3. The van der Waals surface area contributed by atoms with Crippen molar-refractivity contribution in [2.24, 2.45) is 0 Å². The molecule has 0 amide bonds. The van der Waals surface area contributed by atoms with E-state index in [1.165, 1.54) is 0 Å². The highest BCUT2D eigenvalue weighted by Crippen LogP contribution is 2.33. The Labute approximate surface area is 115 Å². The smallest absolute Gasteiger partial charge is 0.146 e. The molecular formula is C13H9Cl3O. The largest absolute Gasteiger partial charge is 0.456 e. The molecule has 88 valence electrons. The zero-order valence-corrected chi connectivity index (χ0v) is 11.3. The van der Waals surface area contributed by atoms with Crippen molar-refractivity contribution in [3.05, 3.63) is 57.0 Å². The summed E-state index contributed by atoms with van der Waals surface area (Å²) >= 11 is 17.7. The van der Waals surface area contributed by atoms with E-state index in [1.54, 1.807) is 24.3 Å². The number of halogens is 3. The van der Waals surface area contributed by atoms with Crippen LogP contribution in [0.15, 0.2) is 36.4 Å². The molecule has 0 unspecified atom stereocenters. The average molecular weight is 288 g/mol. The molecule has 0 aliphatic heterocycles. The lowest BCUT2D eigenvalue weighted by molar-refractivity contribution is 0.479. The minimum absolute atomic E-state index is 0.479. The normalized spacial score (nSPS) is 10.4. The third-order valence-electron chi connectivity index (χ3n) is 2.25. The van der Waals surface area contributed by atoms with E-state index in [1.807, 2.05) is 19.1 Å². The highest BCUT2D eigenvalue weighted by atomic mass is 35.5. The van der Waals surface area contributed by atoms with Gasteiger partial charge in [-0.15, -0.1) is 0 Å². The molecule has 0 fully saturated rings. The molecule has 0 radical (unpaired) electrons. The fraction of sp³-hybridized carbons (Fsp3) is 0.0769. The molecule has 0 aliphatic carbocycles. The van der Waals surface area contributed by atoms with Crippen molar-refractivity contribution < 1.29 is 4.74 Å². The maximum absolute atomic E-state index is 6.03. The van der Waals surface area contributed by atoms with Gasteiger partial charge in [0.15, 0.2) is 0 Å². The van der Waals surface area contributed by atoms with E-state index in [4.69, 9.17) is 39.5 Å². The Morgan fingerprint density at radius 3 is 2.00 bits per heavy atom. The van der Waals surface area contributed by atoms with Gasteiger partial charge in [0.05, 0.1) is 5.02 Å². The second kappa shape index (κ2) is 5.18. The van der Waals surface area contributed by atoms with Crippen molar-refractivity contribution in [2.75, 3.05) is 0 Å². The van der Waals surface area contributed by atoms with Gasteiger partial charge in [0.2, 0.25) is 0 Å². The van der Waals surface area contributed by atoms with E-state index in [0.29, 0.717) is 20.8 Å². The van der Waals surface area contributed by atoms with Crippen LogP contribution in [0.2, 0.25) is 15.1 Å². The number of hydrogen-bond donors (Lipinski definition) is 0. The van der Waals surface area contributed by atoms with Crippen molar-refractivity contribution in [2.45, 2.75) is 6.92 Å². The average Bonchev–Trinajstić information content (AvgIpc) is 2.25. The van der Waals surface area contributed by atoms with Crippen LogP contribution in [0.1, 0.15) is 5.56 Å². The van der Waals surface area contributed by atoms with Gasteiger partial charge >= 0.3 is 0 Å². The fourth-order valence-corrected chi connectivity index (χ4v) is 2.08. The molecular weight excluding hydrogens is 279 g/mol. The number of rotatable bonds is 2. The van der Waals surface area contributed by atoms with Crippen LogP contribution >= 0.6 is 34.8 Å². The Hall–Kier alpha value is -0.890. The van der Waals surface area contributed by atoms with Crippen molar-refractivity contribution in [3.63, 3.8) is 0 Å². The lowest BCUT2D eigenvalue weighted by Crippen LogP contribution is -1.88. The van der Waals surface area contributed by atoms with Crippen LogP contribution in [0.5, 0.6) is 11.5 Å². The minimum Gasteiger partial charge on any atom is -0.456 e. The Balaban J connectivity index is 2.31. The quantitative estimate of drug-likeness (QED) is 0.683. The number of ether oxygens (including phenoxy) is 1. The molecule has 1 nitrogen and oxygen atoms in total. The van der Waals surface area contributed by atoms with Gasteiger partial charge < -0.3 is 4.74 Å². The van der Waals surface area contributed by atoms with Gasteiger partial charge in [-0.2, -0.15) is 0 Å². The first kappa shape index (κ1) is 12.6. The van der Waals surface area contributed by atoms with Crippen LogP contribution in [0.25, 0.3) is 0 Å². The predicted molar refractivity (Wildman–Crippen MR) is 72.7 cm³/mol. The maximum Gasteiger partial charge on any atom is 0.146 e. The Morgan fingerprint density at radius 1 is 0.824 bits per heavy atom. The van der Waals surface area contributed by atoms with Crippen molar-refractivity contribution in [1.82, 2.24) is 0 Å². The number of aryl methyl sites for hydroxylation is 1. The summed E-state index contributed by atoms with van der Waals surface area (Å²) in [6, 6.07) is 10.5. The summed E-state index contributed by atoms with van der Waals surface area (Å²) in [4.78, 5) is 0. The summed E-state index contributed by atoms with van der Waals surface area (Å²) in [7, 11) is 0. The molecule has 4 heteroatoms. The first-order chi connectivity index (χ1) is 8.06. The van der Waals surface area contributed by atoms with Gasteiger partial charge in [0, 0.05) is 10.0 Å². The highest BCUT2D eigenvalue weighted by Gasteiger charge is 2.06. The van der Waals surface area contributed by atoms with E-state index in [0.717, 1.165) is 11.3 Å². The minimum atomic E-state index is 0.479. The first-order valence-electron chi connectivity index (χ1n) is 4.95. The van der Waals surface area contributed by atoms with Gasteiger partial charge in [-0.05, 0) is 48.9 Å². The van der Waals surface area contributed by atoms with Crippen LogP contribution in [0.3, 0.4) is 0 Å². The second-order valence-corrected chi connectivity index (χ2v) is 4.87. The Bertz CT molecular complexity index is 503. The fourth-order valence-electron chi connectivity index (χ4n) is 1.40. The summed E-state index contributed by atoms with van der Waals surface area (Å²) < 4.78 is 5.70. The zero-order chi connectivity index (χ0) is 12.4. The lowest BCUT2D eigenvalue weighted by Gasteiger charge is -2.10. The molecule has 0 N–H and O–H groups in total. The van der Waals surface area contributed by atoms with Gasteiger partial charge in [-0.3, -0.25) is 0 Å². The van der Waals surface area contributed by atoms with E-state index >= 15 is 0 Å². The summed E-state index contributed by atoms with van der Waals surface area (Å²) in [5.41, 5.74) is 0.948. The molecule has 0 bridgehead atoms. The molecule has 0 atom stereocenters. The summed E-state index contributed by atoms with van der Waals surface area (Å²) in [6.07, 6.45) is 0. The SMILES string of the molecule is Cc1cc(Cl)ccc1Oc1ccc(Cl)cc1Cl. The van der Waals surface area contributed by atoms with Gasteiger partial charge in [0.1, 0.15) is 11.5 Å². The molecule has 0 aliphatic rings. The first-order valence-corrected chi connectivity index (χ1v) is 6.09. The second-order valence-electron chi connectivity index (χ2n) is 3.59. The van der Waals surface area contributed by atoms with E-state index in [9.17, 15) is 0 Å². The molecule has 0 aromatic heterocycles. The molecule has 0 spiro atoms. The number of hydrogen-bond acceptors (Lipinski definition) is 1. The Morgan fingerprint density at radius 2 is 1.41 bits per heavy atom. The molecule has 0 saturated heterocycles. The Kier molecular flexibility index (Phi) is 3.82. The van der Waals surface area contributed by atoms with Crippen LogP contribution in [-0.4, -0.2) is 0 Å². The van der Waals surface area contributed by atoms with Crippen molar-refractivity contribution >= 4 is 34.8 Å². The molecule has 2 aromatic carbocycles. The monoisotopic (exact) mass is 286 g/mol. The van der Waals surface area contributed by atoms with Crippen molar-refractivity contribution in [3.8, 4) is 11.5 Å². The molecule has 0 heterocycles. The summed E-state index contributed by atoms with van der Waals surface area (Å²) in [6.45, 7) is 1.92. The van der Waals surface area contributed by atoms with E-state index in [-0.39, 0.29) is 0 Å². The predicted octanol–water partition coefficient (Wildman–Crippen LogP) is 5.75. The third-order valence-corrected chi connectivity index (χ3v) is 3.02. The lowest BCUT2D eigenvalue weighted by atomic mass is 10.2. The topological polar surface area (TPSA) is 9.23 Å². The van der Waals surface area contributed by atoms with Crippen LogP contribution in [-0.2, 0) is 0 Å². The van der Waals surface area contributed by atoms with Gasteiger partial charge in [-0.25, -0.2) is 0 Å². The summed E-state index contributed by atoms with van der Waals surface area (Å²) in [5, 5.41) is 1.74. The molecule has 17 heavy (non-hydrogen) atoms. The van der Waals surface area contributed by atoms with Crippen LogP contribution in [0.4, 0.5) is 0 Å². The zero-order valence-electron chi connectivity index (χ0n) is 9.01. The van der Waals surface area contributed by atoms with Crippen LogP contribution in [0, 0.1) is 6.92 Å². The molecule has 2 aromatic rings. The van der Waals surface area contributed by atoms with Crippen molar-refractivity contribution in [1.29, 1.82) is 0 Å². The van der Waals surface area contributed by atoms with E-state index in [2.05, 4.69) is 0 Å². The van der Waals surface area contributed by atoms with Gasteiger partial charge in [-0.1, -0.05) is 34.8 Å². The van der Waals surface area contributed by atoms with Crippen LogP contribution < -0.4 is 4.74 Å². The molecule has 0 saturated carbocycles. The van der Waals surface area contributed by atoms with Gasteiger partial charge in [0.25, 0.3) is 0 Å². The maximum atomic E-state index is 6.03. The molecule has 2 rings (SSSR count). The van der Waals surface area contributed by atoms with E-state index < -0.39 is 0 Å². The highest BCUT2D eigenvalue weighted by molar-refractivity contribution is 6.35. The summed E-state index contributed by atoms with van der Waals surface area (Å²) in [5.74, 6) is 1.29. The third kappa shape index (κ3) is 3.06.